The van der Waals surface area contributed by atoms with Crippen LogP contribution in [0.2, 0.25) is 0 Å². The Morgan fingerprint density at radius 1 is 0.912 bits per heavy atom. The topological polar surface area (TPSA) is 103 Å². The Bertz CT molecular complexity index is 1450. The van der Waals surface area contributed by atoms with E-state index in [-0.39, 0.29) is 5.88 Å². The first-order valence-corrected chi connectivity index (χ1v) is 10.7. The van der Waals surface area contributed by atoms with Crippen LogP contribution < -0.4 is 10.6 Å². The molecule has 9 nitrogen and oxygen atoms in total. The van der Waals surface area contributed by atoms with E-state index in [1.807, 2.05) is 80.8 Å². The van der Waals surface area contributed by atoms with E-state index in [0.29, 0.717) is 17.4 Å². The summed E-state index contributed by atoms with van der Waals surface area (Å²) in [6.07, 6.45) is 3.63. The summed E-state index contributed by atoms with van der Waals surface area (Å²) in [5.41, 5.74) is 4.63. The number of carbonyl (C=O) groups is 1. The predicted octanol–water partition coefficient (Wildman–Crippen LogP) is 5.19. The summed E-state index contributed by atoms with van der Waals surface area (Å²) in [6.45, 7) is 3.66. The molecular formula is C25H23N7O2. The summed E-state index contributed by atoms with van der Waals surface area (Å²) in [4.78, 5) is 17.5. The highest BCUT2D eigenvalue weighted by atomic mass is 16.4. The van der Waals surface area contributed by atoms with Gasteiger partial charge in [0.1, 0.15) is 17.2 Å². The number of aryl methyl sites for hydroxylation is 2. The molecular weight excluding hydrogens is 430 g/mol. The maximum Gasteiger partial charge on any atom is 0.327 e. The molecule has 3 heterocycles. The average molecular weight is 454 g/mol. The van der Waals surface area contributed by atoms with Gasteiger partial charge in [0.05, 0.1) is 11.9 Å². The lowest BCUT2D eigenvalue weighted by Gasteiger charge is -2.10. The van der Waals surface area contributed by atoms with Crippen molar-refractivity contribution in [3.05, 3.63) is 84.5 Å². The van der Waals surface area contributed by atoms with Crippen molar-refractivity contribution in [2.45, 2.75) is 13.8 Å². The number of carbonyl (C=O) groups excluding carboxylic acids is 1. The first kappa shape index (κ1) is 21.2. The zero-order valence-corrected chi connectivity index (χ0v) is 19.0. The molecule has 0 atom stereocenters. The number of amides is 2. The fourth-order valence-corrected chi connectivity index (χ4v) is 3.76. The number of para-hydroxylation sites is 1. The highest BCUT2D eigenvalue weighted by Crippen LogP contribution is 2.31. The Morgan fingerprint density at radius 3 is 2.29 bits per heavy atom. The predicted molar refractivity (Wildman–Crippen MR) is 130 cm³/mol. The van der Waals surface area contributed by atoms with E-state index in [2.05, 4.69) is 20.7 Å². The van der Waals surface area contributed by atoms with Crippen LogP contribution in [0, 0.1) is 13.8 Å². The van der Waals surface area contributed by atoms with Crippen LogP contribution in [0.25, 0.3) is 28.2 Å². The molecule has 0 aliphatic carbocycles. The fraction of sp³-hybridized carbons (Fsp3) is 0.120. The molecule has 3 aromatic heterocycles. The van der Waals surface area contributed by atoms with Crippen LogP contribution in [0.3, 0.4) is 0 Å². The Morgan fingerprint density at radius 2 is 1.62 bits per heavy atom. The van der Waals surface area contributed by atoms with Crippen LogP contribution >= 0.6 is 0 Å². The lowest BCUT2D eigenvalue weighted by atomic mass is 10.1. The van der Waals surface area contributed by atoms with Gasteiger partial charge in [-0.2, -0.15) is 10.2 Å². The van der Waals surface area contributed by atoms with E-state index in [1.165, 1.54) is 0 Å². The Hall–Kier alpha value is -4.66. The molecule has 0 bridgehead atoms. The molecule has 0 aliphatic rings. The summed E-state index contributed by atoms with van der Waals surface area (Å²) in [5.74, 6) is 1.27. The summed E-state index contributed by atoms with van der Waals surface area (Å²) in [7, 11) is 1.85. The fourth-order valence-electron chi connectivity index (χ4n) is 3.76. The number of anilines is 2. The molecule has 0 radical (unpaired) electrons. The molecule has 0 unspecified atom stereocenters. The minimum Gasteiger partial charge on any atom is -0.424 e. The summed E-state index contributed by atoms with van der Waals surface area (Å²) in [6, 6.07) is 18.7. The van der Waals surface area contributed by atoms with Gasteiger partial charge in [0.25, 0.3) is 0 Å². The number of urea groups is 1. The quantitative estimate of drug-likeness (QED) is 0.381. The Balaban J connectivity index is 1.49. The summed E-state index contributed by atoms with van der Waals surface area (Å²) in [5, 5.41) is 14.8. The van der Waals surface area contributed by atoms with Gasteiger partial charge >= 0.3 is 6.03 Å². The molecule has 0 spiro atoms. The average Bonchev–Trinajstić information content (AvgIpc) is 3.52. The number of hydrogen-bond acceptors (Lipinski definition) is 5. The third-order valence-electron chi connectivity index (χ3n) is 5.34. The third-order valence-corrected chi connectivity index (χ3v) is 5.34. The van der Waals surface area contributed by atoms with E-state index in [9.17, 15) is 4.79 Å². The van der Waals surface area contributed by atoms with E-state index in [0.717, 1.165) is 28.1 Å². The van der Waals surface area contributed by atoms with Crippen LogP contribution in [-0.4, -0.2) is 30.6 Å². The zero-order chi connectivity index (χ0) is 23.7. The Kier molecular flexibility index (Phi) is 5.43. The first-order valence-electron chi connectivity index (χ1n) is 10.7. The number of nitrogens with zero attached hydrogens (tertiary/aromatic N) is 5. The van der Waals surface area contributed by atoms with Gasteiger partial charge in [-0.15, -0.1) is 0 Å². The summed E-state index contributed by atoms with van der Waals surface area (Å²) >= 11 is 0. The molecule has 34 heavy (non-hydrogen) atoms. The highest BCUT2D eigenvalue weighted by molar-refractivity contribution is 6.01. The molecule has 0 saturated carbocycles. The SMILES string of the molecule is Cc1nc(-c2ccccc2)c(NC(=O)Nc2c(C)c(-c3cnn(C)c3)nn2-c2ccccc2)o1. The molecule has 5 aromatic rings. The van der Waals surface area contributed by atoms with Crippen molar-refractivity contribution < 1.29 is 9.21 Å². The van der Waals surface area contributed by atoms with Gasteiger partial charge in [0.15, 0.2) is 5.89 Å². The van der Waals surface area contributed by atoms with Gasteiger partial charge in [0, 0.05) is 36.9 Å². The van der Waals surface area contributed by atoms with Crippen LogP contribution in [0.1, 0.15) is 11.5 Å². The monoisotopic (exact) mass is 453 g/mol. The van der Waals surface area contributed by atoms with Crippen molar-refractivity contribution in [1.82, 2.24) is 24.5 Å². The number of oxazole rings is 1. The van der Waals surface area contributed by atoms with Crippen molar-refractivity contribution in [2.24, 2.45) is 7.05 Å². The van der Waals surface area contributed by atoms with Crippen molar-refractivity contribution in [2.75, 3.05) is 10.6 Å². The van der Waals surface area contributed by atoms with Gasteiger partial charge in [-0.3, -0.25) is 15.3 Å². The zero-order valence-electron chi connectivity index (χ0n) is 19.0. The normalized spacial score (nSPS) is 10.9. The largest absolute Gasteiger partial charge is 0.424 e. The van der Waals surface area contributed by atoms with Crippen molar-refractivity contribution in [3.8, 4) is 28.2 Å². The number of hydrogen-bond donors (Lipinski definition) is 2. The maximum atomic E-state index is 13.1. The van der Waals surface area contributed by atoms with Crippen LogP contribution in [0.5, 0.6) is 0 Å². The molecule has 0 fully saturated rings. The van der Waals surface area contributed by atoms with Crippen LogP contribution in [0.15, 0.2) is 77.5 Å². The molecule has 2 aromatic carbocycles. The minimum absolute atomic E-state index is 0.275. The van der Waals surface area contributed by atoms with Crippen molar-refractivity contribution in [1.29, 1.82) is 0 Å². The van der Waals surface area contributed by atoms with Gasteiger partial charge in [-0.25, -0.2) is 14.5 Å². The smallest absolute Gasteiger partial charge is 0.327 e. The summed E-state index contributed by atoms with van der Waals surface area (Å²) < 4.78 is 9.11. The van der Waals surface area contributed by atoms with E-state index < -0.39 is 6.03 Å². The second-order valence-corrected chi connectivity index (χ2v) is 7.83. The minimum atomic E-state index is -0.466. The van der Waals surface area contributed by atoms with E-state index in [1.54, 1.807) is 22.5 Å². The number of nitrogens with one attached hydrogen (secondary N) is 2. The second kappa shape index (κ2) is 8.70. The maximum absolute atomic E-state index is 13.1. The van der Waals surface area contributed by atoms with Crippen LogP contribution in [0.4, 0.5) is 16.5 Å². The molecule has 2 N–H and O–H groups in total. The van der Waals surface area contributed by atoms with E-state index in [4.69, 9.17) is 9.52 Å². The van der Waals surface area contributed by atoms with Gasteiger partial charge in [0.2, 0.25) is 5.88 Å². The van der Waals surface area contributed by atoms with Crippen molar-refractivity contribution >= 4 is 17.7 Å². The molecule has 0 saturated heterocycles. The first-order chi connectivity index (χ1) is 16.5. The van der Waals surface area contributed by atoms with Gasteiger partial charge < -0.3 is 4.42 Å². The van der Waals surface area contributed by atoms with E-state index >= 15 is 0 Å². The van der Waals surface area contributed by atoms with Gasteiger partial charge in [-0.1, -0.05) is 48.5 Å². The number of benzene rings is 2. The standard InChI is InChI=1S/C25H23N7O2/c1-16-21(19-14-26-31(3)15-19)30-32(20-12-8-5-9-13-20)23(16)28-25(33)29-24-22(27-17(2)34-24)18-10-6-4-7-11-18/h4-15H,1-3H3,(H2,28,29,33). The highest BCUT2D eigenvalue weighted by Gasteiger charge is 2.21. The van der Waals surface area contributed by atoms with Crippen LogP contribution in [-0.2, 0) is 7.05 Å². The lowest BCUT2D eigenvalue weighted by Crippen LogP contribution is -2.22. The molecule has 2 amide bonds. The number of rotatable bonds is 5. The second-order valence-electron chi connectivity index (χ2n) is 7.83. The third kappa shape index (κ3) is 4.06. The molecule has 170 valence electrons. The molecule has 0 aliphatic heterocycles. The number of aromatic nitrogens is 5. The molecule has 9 heteroatoms. The van der Waals surface area contributed by atoms with Gasteiger partial charge in [-0.05, 0) is 19.1 Å². The molecule has 5 rings (SSSR count). The Labute approximate surface area is 196 Å². The van der Waals surface area contributed by atoms with Crippen molar-refractivity contribution in [3.63, 3.8) is 0 Å². The lowest BCUT2D eigenvalue weighted by molar-refractivity contribution is 0.261.